The summed E-state index contributed by atoms with van der Waals surface area (Å²) in [6.07, 6.45) is 2.69. The van der Waals surface area contributed by atoms with Crippen molar-refractivity contribution in [3.63, 3.8) is 0 Å². The third-order valence-electron chi connectivity index (χ3n) is 6.13. The molecule has 11 heteroatoms. The number of nitrogens with zero attached hydrogens (tertiary/aromatic N) is 1. The van der Waals surface area contributed by atoms with Gasteiger partial charge in [-0.25, -0.2) is 8.78 Å². The summed E-state index contributed by atoms with van der Waals surface area (Å²) in [4.78, 5) is 11.6. The average molecular weight is 850 g/mol. The Kier molecular flexibility index (Phi) is 23.3. The Morgan fingerprint density at radius 3 is 2.07 bits per heavy atom. The van der Waals surface area contributed by atoms with Gasteiger partial charge in [0.25, 0.3) is 5.91 Å². The molecule has 0 bridgehead atoms. The van der Waals surface area contributed by atoms with Crippen LogP contribution in [0, 0.1) is 34.3 Å². The topological polar surface area (TPSA) is 106 Å². The maximum absolute atomic E-state index is 14.0. The Bertz CT molecular complexity index is 1340. The normalized spacial score (nSPS) is 11.4. The Labute approximate surface area is 297 Å². The van der Waals surface area contributed by atoms with Crippen LogP contribution in [0.4, 0.5) is 14.5 Å². The molecule has 0 heterocycles. The molecule has 254 valence electrons. The van der Waals surface area contributed by atoms with E-state index in [1.165, 1.54) is 25.3 Å². The van der Waals surface area contributed by atoms with Gasteiger partial charge in [-0.05, 0) is 68.7 Å². The first-order chi connectivity index (χ1) is 21.1. The second-order valence-electron chi connectivity index (χ2n) is 11.7. The molecule has 0 radical (unpaired) electrons. The molecule has 0 aliphatic rings. The van der Waals surface area contributed by atoms with Gasteiger partial charge < -0.3 is 20.9 Å². The molecule has 3 rings (SSSR count). The van der Waals surface area contributed by atoms with Crippen LogP contribution in [0.15, 0.2) is 60.7 Å². The van der Waals surface area contributed by atoms with E-state index in [-0.39, 0.29) is 60.0 Å². The summed E-state index contributed by atoms with van der Waals surface area (Å²) in [6.45, 7) is 12.6. The number of hydrogen-bond donors (Lipinski definition) is 2. The van der Waals surface area contributed by atoms with Crippen LogP contribution in [0.3, 0.4) is 0 Å². The molecule has 0 fully saturated rings. The molecule has 3 N–H and O–H groups in total. The van der Waals surface area contributed by atoms with Crippen LogP contribution in [-0.4, -0.2) is 31.3 Å². The van der Waals surface area contributed by atoms with Crippen molar-refractivity contribution >= 4 is 34.8 Å². The van der Waals surface area contributed by atoms with Crippen molar-refractivity contribution < 1.29 is 44.5 Å². The molecule has 2 atom stereocenters. The van der Waals surface area contributed by atoms with Crippen molar-refractivity contribution in [3.05, 3.63) is 99.2 Å². The maximum atomic E-state index is 14.0. The number of carbonyl (C=O) groups excluding carboxylic acids is 1. The minimum absolute atomic E-state index is 0. The van der Waals surface area contributed by atoms with Gasteiger partial charge >= 0.3 is 0 Å². The van der Waals surface area contributed by atoms with E-state index < -0.39 is 11.7 Å². The summed E-state index contributed by atoms with van der Waals surface area (Å²) < 4.78 is 31.1. The largest absolute Gasteiger partial charge is 0.696 e. The molecule has 46 heavy (non-hydrogen) atoms. The third kappa shape index (κ3) is 17.9. The molecule has 3 aromatic carbocycles. The quantitative estimate of drug-likeness (QED) is 0.235. The Morgan fingerprint density at radius 2 is 1.59 bits per heavy atom. The standard InChI is InChI=1S/C17H23ClFN.C11H16N2O2.C6H4ClF.CH4O.W/c1-12(10-17(2,3)4)8-9-13(11-20)14-6-5-7-15(18)16(14)19;1-7(2)13-11(14)8-4-5-9(12)10(6-8)15-3;7-5-3-1-2-4-6(5)8;1-2;/h5-7,12-13H,8-10H2,1-4H3;4-7H,1-3H3,(H3,12,13,14);1-4H;2H,1H3;/p-1. The van der Waals surface area contributed by atoms with E-state index in [0.717, 1.165) is 20.0 Å². The molecule has 0 spiro atoms. The first-order valence-corrected chi connectivity index (χ1v) is 15.2. The number of benzene rings is 3. The number of nitriles is 1. The molecule has 1 amide bonds. The van der Waals surface area contributed by atoms with Crippen molar-refractivity contribution in [2.24, 2.45) is 11.3 Å². The first kappa shape index (κ1) is 45.4. The SMILES string of the molecule is CC(CCC(C#N)c1cccc(Cl)c1F)CC(C)(C)C.CO.COc1cc(C(=O)NC(C)C)ccc1[NH-].Fc1ccccc1Cl.[W]. The van der Waals surface area contributed by atoms with Crippen molar-refractivity contribution in [1.29, 1.82) is 5.26 Å². The minimum Gasteiger partial charge on any atom is -0.696 e. The van der Waals surface area contributed by atoms with E-state index in [2.05, 4.69) is 39.1 Å². The van der Waals surface area contributed by atoms with Crippen molar-refractivity contribution in [2.75, 3.05) is 14.2 Å². The summed E-state index contributed by atoms with van der Waals surface area (Å²) in [5.74, 6) is -0.461. The second kappa shape index (κ2) is 23.6. The average Bonchev–Trinajstić information content (AvgIpc) is 2.97. The van der Waals surface area contributed by atoms with Gasteiger partial charge in [0, 0.05) is 45.3 Å². The number of halogens is 4. The van der Waals surface area contributed by atoms with E-state index in [9.17, 15) is 18.8 Å². The third-order valence-corrected chi connectivity index (χ3v) is 6.73. The van der Waals surface area contributed by atoms with Gasteiger partial charge in [0.2, 0.25) is 0 Å². The summed E-state index contributed by atoms with van der Waals surface area (Å²) >= 11 is 11.1. The van der Waals surface area contributed by atoms with E-state index in [0.29, 0.717) is 29.2 Å². The summed E-state index contributed by atoms with van der Waals surface area (Å²) in [5, 5.41) is 19.3. The number of amides is 1. The van der Waals surface area contributed by atoms with E-state index in [1.54, 1.807) is 42.5 Å². The molecule has 0 saturated heterocycles. The molecule has 6 nitrogen and oxygen atoms in total. The first-order valence-electron chi connectivity index (χ1n) is 14.5. The zero-order valence-electron chi connectivity index (χ0n) is 27.8. The van der Waals surface area contributed by atoms with Gasteiger partial charge in [-0.3, -0.25) is 4.79 Å². The monoisotopic (exact) mass is 848 g/mol. The van der Waals surface area contributed by atoms with Crippen LogP contribution in [0.25, 0.3) is 5.73 Å². The summed E-state index contributed by atoms with van der Waals surface area (Å²) in [7, 11) is 2.48. The molecule has 0 aromatic heterocycles. The predicted molar refractivity (Wildman–Crippen MR) is 181 cm³/mol. The number of hydrogen-bond acceptors (Lipinski definition) is 4. The van der Waals surface area contributed by atoms with Gasteiger partial charge in [-0.1, -0.05) is 93.0 Å². The molecule has 3 aromatic rings. The number of aliphatic hydroxyl groups excluding tert-OH is 1. The second-order valence-corrected chi connectivity index (χ2v) is 12.5. The zero-order chi connectivity index (χ0) is 34.7. The maximum Gasteiger partial charge on any atom is 0.251 e. The fourth-order valence-electron chi connectivity index (χ4n) is 4.30. The van der Waals surface area contributed by atoms with Crippen LogP contribution >= 0.6 is 23.2 Å². The smallest absolute Gasteiger partial charge is 0.251 e. The zero-order valence-corrected chi connectivity index (χ0v) is 32.2. The summed E-state index contributed by atoms with van der Waals surface area (Å²) in [6, 6.07) is 18.0. The van der Waals surface area contributed by atoms with Gasteiger partial charge in [-0.2, -0.15) is 5.26 Å². The molecule has 0 aliphatic heterocycles. The number of rotatable bonds is 8. The van der Waals surface area contributed by atoms with Crippen molar-refractivity contribution in [2.45, 2.75) is 72.8 Å². The van der Waals surface area contributed by atoms with Crippen molar-refractivity contribution in [3.8, 4) is 11.8 Å². The fourth-order valence-corrected chi connectivity index (χ4v) is 4.61. The van der Waals surface area contributed by atoms with Crippen molar-refractivity contribution in [1.82, 2.24) is 5.32 Å². The van der Waals surface area contributed by atoms with Gasteiger partial charge in [-0.15, -0.1) is 0 Å². The van der Waals surface area contributed by atoms with E-state index in [4.69, 9.17) is 38.8 Å². The molecule has 0 saturated carbocycles. The number of aliphatic hydroxyl groups is 1. The molecule has 0 aliphatic carbocycles. The van der Waals surface area contributed by atoms with E-state index >= 15 is 0 Å². The van der Waals surface area contributed by atoms with Crippen LogP contribution in [-0.2, 0) is 21.1 Å². The Balaban J connectivity index is 0. The number of methoxy groups -OCH3 is 1. The number of nitrogens with one attached hydrogen (secondary N) is 2. The number of ether oxygens (including phenoxy) is 1. The van der Waals surface area contributed by atoms with Crippen LogP contribution in [0.1, 0.15) is 82.6 Å². The van der Waals surface area contributed by atoms with E-state index in [1.807, 2.05) is 13.8 Å². The van der Waals surface area contributed by atoms with Gasteiger partial charge in [0.15, 0.2) is 0 Å². The molecular weight excluding hydrogens is 803 g/mol. The van der Waals surface area contributed by atoms with Gasteiger partial charge in [0.1, 0.15) is 17.4 Å². The van der Waals surface area contributed by atoms with Crippen LogP contribution in [0.5, 0.6) is 5.75 Å². The Hall–Kier alpha value is -2.69. The van der Waals surface area contributed by atoms with Crippen LogP contribution < -0.4 is 10.1 Å². The van der Waals surface area contributed by atoms with Crippen LogP contribution in [0.2, 0.25) is 10.0 Å². The summed E-state index contributed by atoms with van der Waals surface area (Å²) in [5.41, 5.74) is 8.98. The molecular formula is C35H46Cl2F2N3O3W-. The fraction of sp³-hybridized carbons (Fsp3) is 0.429. The molecule has 2 unspecified atom stereocenters. The van der Waals surface area contributed by atoms with Gasteiger partial charge in [0.05, 0.1) is 29.1 Å². The Morgan fingerprint density at radius 1 is 1.00 bits per heavy atom. The predicted octanol–water partition coefficient (Wildman–Crippen LogP) is 10.5. The number of carbonyl (C=O) groups is 1. The minimum atomic E-state index is -0.454.